The zero-order valence-electron chi connectivity index (χ0n) is 14.9. The lowest BCUT2D eigenvalue weighted by molar-refractivity contribution is -0.384. The first-order chi connectivity index (χ1) is 12.8. The van der Waals surface area contributed by atoms with Gasteiger partial charge in [0.1, 0.15) is 0 Å². The van der Waals surface area contributed by atoms with E-state index < -0.39 is 16.9 Å². The lowest BCUT2D eigenvalue weighted by atomic mass is 9.84. The van der Waals surface area contributed by atoms with E-state index in [0.717, 1.165) is 35.4 Å². The number of carbonyl (C=O) groups excluding carboxylic acids is 1. The van der Waals surface area contributed by atoms with Crippen molar-refractivity contribution in [3.8, 4) is 0 Å². The molecule has 27 heavy (non-hydrogen) atoms. The Morgan fingerprint density at radius 1 is 1.37 bits per heavy atom. The molecule has 1 aliphatic rings. The number of amides is 1. The number of nitrogens with zero attached hydrogens (tertiary/aromatic N) is 1. The van der Waals surface area contributed by atoms with Gasteiger partial charge >= 0.3 is 0 Å². The number of hydrogen-bond donors (Lipinski definition) is 2. The third-order valence-electron chi connectivity index (χ3n) is 5.11. The standard InChI is InChI=1S/C19H21ClN2O4S/c1-12(23)16-6-7-17(27-16)19(8-2-3-9-19)11-21-18(24)14-10-13(22(25)26)4-5-15(14)20/h4-7,10,12,23H,2-3,8-9,11H2,1H3,(H,21,24). The van der Waals surface area contributed by atoms with Crippen LogP contribution in [-0.2, 0) is 5.41 Å². The van der Waals surface area contributed by atoms with Crippen LogP contribution in [0.4, 0.5) is 5.69 Å². The number of rotatable bonds is 6. The molecule has 1 amide bonds. The summed E-state index contributed by atoms with van der Waals surface area (Å²) >= 11 is 7.65. The maximum Gasteiger partial charge on any atom is 0.270 e. The Morgan fingerprint density at radius 2 is 2.07 bits per heavy atom. The van der Waals surface area contributed by atoms with Crippen LogP contribution in [0.25, 0.3) is 0 Å². The molecule has 1 aromatic heterocycles. The Kier molecular flexibility index (Phi) is 5.83. The highest BCUT2D eigenvalue weighted by Gasteiger charge is 2.37. The number of carbonyl (C=O) groups is 1. The molecule has 0 bridgehead atoms. The van der Waals surface area contributed by atoms with Gasteiger partial charge in [-0.05, 0) is 38.0 Å². The number of halogens is 1. The molecule has 0 aliphatic heterocycles. The minimum Gasteiger partial charge on any atom is -0.388 e. The van der Waals surface area contributed by atoms with Crippen molar-refractivity contribution >= 4 is 34.5 Å². The van der Waals surface area contributed by atoms with Gasteiger partial charge in [-0.3, -0.25) is 14.9 Å². The monoisotopic (exact) mass is 408 g/mol. The van der Waals surface area contributed by atoms with Gasteiger partial charge in [-0.25, -0.2) is 0 Å². The Hall–Kier alpha value is -1.96. The molecule has 3 rings (SSSR count). The van der Waals surface area contributed by atoms with Crippen LogP contribution in [0, 0.1) is 10.1 Å². The lowest BCUT2D eigenvalue weighted by Gasteiger charge is -2.28. The third kappa shape index (κ3) is 4.15. The van der Waals surface area contributed by atoms with Gasteiger partial charge in [0.25, 0.3) is 11.6 Å². The molecule has 1 aliphatic carbocycles. The van der Waals surface area contributed by atoms with Crippen molar-refractivity contribution in [1.82, 2.24) is 5.32 Å². The predicted octanol–water partition coefficient (Wildman–Crippen LogP) is 4.60. The summed E-state index contributed by atoms with van der Waals surface area (Å²) in [6.45, 7) is 2.17. The van der Waals surface area contributed by atoms with Gasteiger partial charge in [-0.1, -0.05) is 24.4 Å². The first-order valence-electron chi connectivity index (χ1n) is 8.83. The molecule has 1 atom stereocenters. The number of hydrogen-bond acceptors (Lipinski definition) is 5. The highest BCUT2D eigenvalue weighted by molar-refractivity contribution is 7.12. The molecule has 8 heteroatoms. The van der Waals surface area contributed by atoms with E-state index in [4.69, 9.17) is 11.6 Å². The molecule has 2 aromatic rings. The average molecular weight is 409 g/mol. The van der Waals surface area contributed by atoms with Crippen LogP contribution in [0.3, 0.4) is 0 Å². The number of nitrogens with one attached hydrogen (secondary N) is 1. The second-order valence-corrected chi connectivity index (χ2v) is 8.49. The van der Waals surface area contributed by atoms with E-state index in [1.54, 1.807) is 18.3 Å². The van der Waals surface area contributed by atoms with Crippen molar-refractivity contribution in [2.24, 2.45) is 0 Å². The smallest absolute Gasteiger partial charge is 0.270 e. The second-order valence-electron chi connectivity index (χ2n) is 6.97. The first-order valence-corrected chi connectivity index (χ1v) is 10.0. The van der Waals surface area contributed by atoms with Crippen molar-refractivity contribution in [2.75, 3.05) is 6.54 Å². The summed E-state index contributed by atoms with van der Waals surface area (Å²) in [5, 5.41) is 23.9. The fraction of sp³-hybridized carbons (Fsp3) is 0.421. The van der Waals surface area contributed by atoms with Crippen LogP contribution in [0.15, 0.2) is 30.3 Å². The number of aliphatic hydroxyl groups excluding tert-OH is 1. The van der Waals surface area contributed by atoms with Gasteiger partial charge < -0.3 is 10.4 Å². The Morgan fingerprint density at radius 3 is 2.67 bits per heavy atom. The normalized spacial score (nSPS) is 16.9. The SMILES string of the molecule is CC(O)c1ccc(C2(CNC(=O)c3cc([N+](=O)[O-])ccc3Cl)CCCC2)s1. The molecule has 2 N–H and O–H groups in total. The molecule has 0 radical (unpaired) electrons. The van der Waals surface area contributed by atoms with Crippen molar-refractivity contribution in [2.45, 2.75) is 44.1 Å². The summed E-state index contributed by atoms with van der Waals surface area (Å²) in [5.41, 5.74) is -0.226. The largest absolute Gasteiger partial charge is 0.388 e. The van der Waals surface area contributed by atoms with E-state index in [1.807, 2.05) is 12.1 Å². The van der Waals surface area contributed by atoms with Crippen LogP contribution in [0.1, 0.15) is 58.8 Å². The van der Waals surface area contributed by atoms with E-state index in [2.05, 4.69) is 5.32 Å². The molecule has 1 saturated carbocycles. The molecule has 1 heterocycles. The highest BCUT2D eigenvalue weighted by atomic mass is 35.5. The summed E-state index contributed by atoms with van der Waals surface area (Å²) < 4.78 is 0. The minimum absolute atomic E-state index is 0.106. The van der Waals surface area contributed by atoms with Crippen LogP contribution in [0.5, 0.6) is 0 Å². The van der Waals surface area contributed by atoms with Crippen LogP contribution < -0.4 is 5.32 Å². The molecular weight excluding hydrogens is 388 g/mol. The van der Waals surface area contributed by atoms with Gasteiger partial charge in [0, 0.05) is 33.8 Å². The quantitative estimate of drug-likeness (QED) is 0.539. The van der Waals surface area contributed by atoms with Crippen LogP contribution in [-0.4, -0.2) is 22.5 Å². The number of thiophene rings is 1. The number of aliphatic hydroxyl groups is 1. The van der Waals surface area contributed by atoms with Crippen molar-refractivity contribution in [3.63, 3.8) is 0 Å². The molecule has 1 aromatic carbocycles. The van der Waals surface area contributed by atoms with Crippen LogP contribution >= 0.6 is 22.9 Å². The number of non-ortho nitro benzene ring substituents is 1. The lowest BCUT2D eigenvalue weighted by Crippen LogP contribution is -2.38. The zero-order chi connectivity index (χ0) is 19.6. The molecule has 144 valence electrons. The molecular formula is C19H21ClN2O4S. The summed E-state index contributed by atoms with van der Waals surface area (Å²) in [5.74, 6) is -0.415. The molecule has 6 nitrogen and oxygen atoms in total. The zero-order valence-corrected chi connectivity index (χ0v) is 16.5. The van der Waals surface area contributed by atoms with Crippen molar-refractivity contribution in [3.05, 3.63) is 60.8 Å². The summed E-state index contributed by atoms with van der Waals surface area (Å²) in [7, 11) is 0. The fourth-order valence-electron chi connectivity index (χ4n) is 3.57. The van der Waals surface area contributed by atoms with Crippen molar-refractivity contribution < 1.29 is 14.8 Å². The van der Waals surface area contributed by atoms with Crippen LogP contribution in [0.2, 0.25) is 5.02 Å². The third-order valence-corrected chi connectivity index (χ3v) is 6.95. The van der Waals surface area contributed by atoms with E-state index in [-0.39, 0.29) is 21.7 Å². The van der Waals surface area contributed by atoms with Gasteiger partial charge in [0.05, 0.1) is 21.6 Å². The summed E-state index contributed by atoms with van der Waals surface area (Å²) in [4.78, 5) is 25.1. The van der Waals surface area contributed by atoms with Gasteiger partial charge in [-0.15, -0.1) is 11.3 Å². The van der Waals surface area contributed by atoms with E-state index in [9.17, 15) is 20.0 Å². The number of nitro benzene ring substituents is 1. The maximum atomic E-state index is 12.6. The van der Waals surface area contributed by atoms with Gasteiger partial charge in [0.15, 0.2) is 0 Å². The predicted molar refractivity (Wildman–Crippen MR) is 106 cm³/mol. The topological polar surface area (TPSA) is 92.5 Å². The summed E-state index contributed by atoms with van der Waals surface area (Å²) in [6, 6.07) is 7.82. The number of benzene rings is 1. The Labute approximate surface area is 166 Å². The second kappa shape index (κ2) is 7.96. The first kappa shape index (κ1) is 19.8. The molecule has 1 fully saturated rings. The fourth-order valence-corrected chi connectivity index (χ4v) is 4.96. The van der Waals surface area contributed by atoms with E-state index >= 15 is 0 Å². The number of nitro groups is 1. The molecule has 1 unspecified atom stereocenters. The van der Waals surface area contributed by atoms with Gasteiger partial charge in [0.2, 0.25) is 0 Å². The van der Waals surface area contributed by atoms with E-state index in [0.29, 0.717) is 6.54 Å². The highest BCUT2D eigenvalue weighted by Crippen LogP contribution is 2.44. The van der Waals surface area contributed by atoms with Gasteiger partial charge in [-0.2, -0.15) is 0 Å². The summed E-state index contributed by atoms with van der Waals surface area (Å²) in [6.07, 6.45) is 3.55. The maximum absolute atomic E-state index is 12.6. The minimum atomic E-state index is -0.547. The Bertz CT molecular complexity index is 859. The van der Waals surface area contributed by atoms with E-state index in [1.165, 1.54) is 18.2 Å². The van der Waals surface area contributed by atoms with Crippen molar-refractivity contribution in [1.29, 1.82) is 0 Å². The molecule has 0 spiro atoms. The average Bonchev–Trinajstić information content (AvgIpc) is 3.30. The molecule has 0 saturated heterocycles. The Balaban J connectivity index is 1.79.